The van der Waals surface area contributed by atoms with Crippen LogP contribution in [0.5, 0.6) is 0 Å². The van der Waals surface area contributed by atoms with E-state index >= 15 is 0 Å². The zero-order valence-corrected chi connectivity index (χ0v) is 15.6. The van der Waals surface area contributed by atoms with Crippen LogP contribution in [0.4, 0.5) is 0 Å². The number of nitrogens with zero attached hydrogens (tertiary/aromatic N) is 4. The summed E-state index contributed by atoms with van der Waals surface area (Å²) in [5, 5.41) is 4.63. The number of rotatable bonds is 4. The van der Waals surface area contributed by atoms with Crippen LogP contribution in [-0.2, 0) is 4.79 Å². The Labute approximate surface area is 150 Å². The molecular weight excluding hydrogens is 312 g/mol. The number of aryl methyl sites for hydroxylation is 2. The molecule has 2 aromatic rings. The molecule has 0 unspecified atom stereocenters. The van der Waals surface area contributed by atoms with Crippen LogP contribution < -0.4 is 0 Å². The van der Waals surface area contributed by atoms with Gasteiger partial charge in [0.15, 0.2) is 0 Å². The minimum absolute atomic E-state index is 0.183. The molecule has 1 amide bonds. The lowest BCUT2D eigenvalue weighted by Crippen LogP contribution is -2.46. The van der Waals surface area contributed by atoms with E-state index in [1.807, 2.05) is 61.2 Å². The first kappa shape index (κ1) is 17.7. The van der Waals surface area contributed by atoms with Gasteiger partial charge in [-0.2, -0.15) is 5.10 Å². The summed E-state index contributed by atoms with van der Waals surface area (Å²) in [5.74, 6) is 0.183. The Kier molecular flexibility index (Phi) is 5.23. The van der Waals surface area contributed by atoms with Crippen molar-refractivity contribution in [1.29, 1.82) is 0 Å². The number of hydrogen-bond acceptors (Lipinski definition) is 3. The fraction of sp³-hybridized carbons (Fsp3) is 0.500. The van der Waals surface area contributed by atoms with E-state index in [4.69, 9.17) is 0 Å². The SMILES string of the molecule is Cc1cc(C)n([C@H]2CCCN(C(=O)[C@H](c3ccccc3)N(C)C)C2)n1. The van der Waals surface area contributed by atoms with Crippen LogP contribution in [0.1, 0.15) is 41.9 Å². The van der Waals surface area contributed by atoms with Gasteiger partial charge in [0.25, 0.3) is 0 Å². The molecule has 2 heterocycles. The molecule has 0 aliphatic carbocycles. The highest BCUT2D eigenvalue weighted by atomic mass is 16.2. The topological polar surface area (TPSA) is 41.4 Å². The van der Waals surface area contributed by atoms with Crippen molar-refractivity contribution in [2.45, 2.75) is 38.8 Å². The summed E-state index contributed by atoms with van der Waals surface area (Å²) in [6.07, 6.45) is 2.09. The number of hydrogen-bond donors (Lipinski definition) is 0. The number of likely N-dealkylation sites (N-methyl/N-ethyl adjacent to an activating group) is 1. The zero-order valence-electron chi connectivity index (χ0n) is 15.6. The average Bonchev–Trinajstić information content (AvgIpc) is 2.94. The molecule has 0 N–H and O–H groups in total. The second-order valence-corrected chi connectivity index (χ2v) is 7.23. The average molecular weight is 340 g/mol. The first-order valence-corrected chi connectivity index (χ1v) is 9.00. The van der Waals surface area contributed by atoms with Crippen molar-refractivity contribution in [3.05, 3.63) is 53.3 Å². The molecular formula is C20H28N4O. The molecule has 1 aliphatic heterocycles. The maximum Gasteiger partial charge on any atom is 0.244 e. The van der Waals surface area contributed by atoms with E-state index in [2.05, 4.69) is 22.8 Å². The highest BCUT2D eigenvalue weighted by molar-refractivity contribution is 5.83. The summed E-state index contributed by atoms with van der Waals surface area (Å²) in [6.45, 7) is 5.67. The van der Waals surface area contributed by atoms with Crippen LogP contribution in [0.3, 0.4) is 0 Å². The summed E-state index contributed by atoms with van der Waals surface area (Å²) in [6, 6.07) is 12.2. The minimum Gasteiger partial charge on any atom is -0.339 e. The van der Waals surface area contributed by atoms with Crippen molar-refractivity contribution in [2.75, 3.05) is 27.2 Å². The van der Waals surface area contributed by atoms with Crippen LogP contribution in [0.25, 0.3) is 0 Å². The van der Waals surface area contributed by atoms with E-state index in [-0.39, 0.29) is 18.0 Å². The third-order valence-corrected chi connectivity index (χ3v) is 4.96. The van der Waals surface area contributed by atoms with Crippen LogP contribution in [0.15, 0.2) is 36.4 Å². The molecule has 2 atom stereocenters. The van der Waals surface area contributed by atoms with Crippen molar-refractivity contribution in [2.24, 2.45) is 0 Å². The quantitative estimate of drug-likeness (QED) is 0.859. The van der Waals surface area contributed by atoms with Crippen LogP contribution in [0, 0.1) is 13.8 Å². The molecule has 0 bridgehead atoms. The molecule has 134 valence electrons. The largest absolute Gasteiger partial charge is 0.339 e. The van der Waals surface area contributed by atoms with Crippen LogP contribution in [0.2, 0.25) is 0 Å². The molecule has 1 saturated heterocycles. The molecule has 5 nitrogen and oxygen atoms in total. The number of piperidine rings is 1. The van der Waals surface area contributed by atoms with E-state index in [1.165, 1.54) is 5.69 Å². The molecule has 0 spiro atoms. The van der Waals surface area contributed by atoms with Crippen molar-refractivity contribution < 1.29 is 4.79 Å². The van der Waals surface area contributed by atoms with Gasteiger partial charge in [0, 0.05) is 18.8 Å². The first-order chi connectivity index (χ1) is 12.0. The lowest BCUT2D eigenvalue weighted by Gasteiger charge is -2.37. The van der Waals surface area contributed by atoms with Crippen LogP contribution in [-0.4, -0.2) is 52.7 Å². The van der Waals surface area contributed by atoms with Gasteiger partial charge >= 0.3 is 0 Å². The summed E-state index contributed by atoms with van der Waals surface area (Å²) in [7, 11) is 3.94. The Morgan fingerprint density at radius 3 is 2.56 bits per heavy atom. The van der Waals surface area contributed by atoms with Gasteiger partial charge in [-0.05, 0) is 52.4 Å². The third-order valence-electron chi connectivity index (χ3n) is 4.96. The molecule has 1 aliphatic rings. The van der Waals surface area contributed by atoms with E-state index < -0.39 is 0 Å². The highest BCUT2D eigenvalue weighted by Crippen LogP contribution is 2.27. The Morgan fingerprint density at radius 2 is 1.96 bits per heavy atom. The molecule has 0 saturated carbocycles. The third kappa shape index (κ3) is 3.76. The van der Waals surface area contributed by atoms with Crippen molar-refractivity contribution in [1.82, 2.24) is 19.6 Å². The lowest BCUT2D eigenvalue weighted by molar-refractivity contribution is -0.138. The number of likely N-dealkylation sites (tertiary alicyclic amines) is 1. The molecule has 1 fully saturated rings. The maximum atomic E-state index is 13.3. The lowest BCUT2D eigenvalue weighted by atomic mass is 10.0. The Balaban J connectivity index is 1.80. The van der Waals surface area contributed by atoms with E-state index in [0.717, 1.165) is 37.2 Å². The Hall–Kier alpha value is -2.14. The monoisotopic (exact) mass is 340 g/mol. The molecule has 1 aromatic carbocycles. The molecule has 3 rings (SSSR count). The fourth-order valence-corrected chi connectivity index (χ4v) is 3.84. The van der Waals surface area contributed by atoms with Crippen LogP contribution >= 0.6 is 0 Å². The van der Waals surface area contributed by atoms with E-state index in [0.29, 0.717) is 0 Å². The van der Waals surface area contributed by atoms with Gasteiger partial charge in [0.05, 0.1) is 11.7 Å². The molecule has 1 aromatic heterocycles. The van der Waals surface area contributed by atoms with Gasteiger partial charge in [-0.1, -0.05) is 30.3 Å². The fourth-order valence-electron chi connectivity index (χ4n) is 3.84. The maximum absolute atomic E-state index is 13.3. The van der Waals surface area contributed by atoms with Gasteiger partial charge in [-0.25, -0.2) is 0 Å². The minimum atomic E-state index is -0.236. The number of carbonyl (C=O) groups excluding carboxylic acids is 1. The Bertz CT molecular complexity index is 723. The molecule has 0 radical (unpaired) electrons. The normalized spacial score (nSPS) is 19.2. The van der Waals surface area contributed by atoms with E-state index in [1.54, 1.807) is 0 Å². The number of benzene rings is 1. The second kappa shape index (κ2) is 7.40. The smallest absolute Gasteiger partial charge is 0.244 e. The summed E-state index contributed by atoms with van der Waals surface area (Å²) < 4.78 is 2.10. The standard InChI is InChI=1S/C20H28N4O/c1-15-13-16(2)24(21-15)18-11-8-12-23(14-18)20(25)19(22(3)4)17-9-6-5-7-10-17/h5-7,9-10,13,18-19H,8,11-12,14H2,1-4H3/t18-,19-/m0/s1. The first-order valence-electron chi connectivity index (χ1n) is 9.00. The Morgan fingerprint density at radius 1 is 1.24 bits per heavy atom. The van der Waals surface area contributed by atoms with Gasteiger partial charge in [0.2, 0.25) is 5.91 Å². The zero-order chi connectivity index (χ0) is 18.0. The van der Waals surface area contributed by atoms with Gasteiger partial charge in [-0.15, -0.1) is 0 Å². The van der Waals surface area contributed by atoms with Crippen molar-refractivity contribution in [3.63, 3.8) is 0 Å². The van der Waals surface area contributed by atoms with Crippen molar-refractivity contribution in [3.8, 4) is 0 Å². The summed E-state index contributed by atoms with van der Waals surface area (Å²) >= 11 is 0. The molecule has 25 heavy (non-hydrogen) atoms. The van der Waals surface area contributed by atoms with Gasteiger partial charge in [0.1, 0.15) is 6.04 Å². The molecule has 5 heteroatoms. The predicted molar refractivity (Wildman–Crippen MR) is 99.4 cm³/mol. The number of carbonyl (C=O) groups is 1. The number of aromatic nitrogens is 2. The van der Waals surface area contributed by atoms with Gasteiger partial charge in [-0.3, -0.25) is 14.4 Å². The highest BCUT2D eigenvalue weighted by Gasteiger charge is 2.32. The van der Waals surface area contributed by atoms with Gasteiger partial charge < -0.3 is 4.90 Å². The summed E-state index contributed by atoms with van der Waals surface area (Å²) in [4.78, 5) is 17.3. The predicted octanol–water partition coefficient (Wildman–Crippen LogP) is 2.97. The summed E-state index contributed by atoms with van der Waals surface area (Å²) in [5.41, 5.74) is 3.26. The van der Waals surface area contributed by atoms with Crippen molar-refractivity contribution >= 4 is 5.91 Å². The number of amides is 1. The second-order valence-electron chi connectivity index (χ2n) is 7.23. The van der Waals surface area contributed by atoms with E-state index in [9.17, 15) is 4.79 Å².